The van der Waals surface area contributed by atoms with Gasteiger partial charge in [0.1, 0.15) is 5.01 Å². The van der Waals surface area contributed by atoms with Gasteiger partial charge in [0.2, 0.25) is 0 Å². The van der Waals surface area contributed by atoms with Crippen LogP contribution in [0, 0.1) is 5.92 Å². The van der Waals surface area contributed by atoms with Crippen molar-refractivity contribution in [3.8, 4) is 21.8 Å². The summed E-state index contributed by atoms with van der Waals surface area (Å²) < 4.78 is 0. The number of hydrogen-bond acceptors (Lipinski definition) is 7. The van der Waals surface area contributed by atoms with Gasteiger partial charge >= 0.3 is 0 Å². The van der Waals surface area contributed by atoms with Crippen molar-refractivity contribution in [1.29, 1.82) is 0 Å². The van der Waals surface area contributed by atoms with Gasteiger partial charge in [0, 0.05) is 21.4 Å². The van der Waals surface area contributed by atoms with E-state index in [0.29, 0.717) is 32.1 Å². The van der Waals surface area contributed by atoms with E-state index in [4.69, 9.17) is 27.9 Å². The Hall–Kier alpha value is -3.04. The summed E-state index contributed by atoms with van der Waals surface area (Å²) in [5, 5.41) is 5.53. The number of hydrogen-bond donors (Lipinski definition) is 4. The highest BCUT2D eigenvalue weighted by Crippen LogP contribution is 2.41. The monoisotopic (exact) mass is 609 g/mol. The molecule has 5 nitrogen and oxygen atoms in total. The van der Waals surface area contributed by atoms with E-state index in [0.717, 1.165) is 53.9 Å². The number of nitrogens with zero attached hydrogens (tertiary/aromatic N) is 1. The van der Waals surface area contributed by atoms with Crippen molar-refractivity contribution in [3.05, 3.63) is 111 Å². The summed E-state index contributed by atoms with van der Waals surface area (Å²) in [5.41, 5.74) is 35.7. The Bertz CT molecular complexity index is 1550. The first-order valence-corrected chi connectivity index (χ1v) is 17.0. The Labute approximate surface area is 264 Å². The highest BCUT2D eigenvalue weighted by atomic mass is 32.2. The molecule has 0 aliphatic carbocycles. The number of benzene rings is 3. The van der Waals surface area contributed by atoms with Gasteiger partial charge < -0.3 is 22.9 Å². The molecule has 43 heavy (non-hydrogen) atoms. The third-order valence-corrected chi connectivity index (χ3v) is 9.78. The van der Waals surface area contributed by atoms with E-state index >= 15 is 0 Å². The lowest BCUT2D eigenvalue weighted by molar-refractivity contribution is 0.768. The van der Waals surface area contributed by atoms with Crippen LogP contribution in [0.4, 0.5) is 0 Å². The molecule has 0 fully saturated rings. The fraction of sp³-hybridized carbons (Fsp3) is 0.306. The second kappa shape index (κ2) is 15.1. The van der Waals surface area contributed by atoms with Gasteiger partial charge in [-0.25, -0.2) is 4.98 Å². The quantitative estimate of drug-likeness (QED) is 0.143. The van der Waals surface area contributed by atoms with E-state index in [2.05, 4.69) is 84.5 Å². The van der Waals surface area contributed by atoms with E-state index in [1.807, 2.05) is 11.8 Å². The summed E-state index contributed by atoms with van der Waals surface area (Å²) in [6, 6.07) is 22.3. The van der Waals surface area contributed by atoms with E-state index in [1.54, 1.807) is 11.3 Å². The minimum Gasteiger partial charge on any atom is -0.330 e. The maximum atomic E-state index is 5.90. The van der Waals surface area contributed by atoms with Gasteiger partial charge in [-0.05, 0) is 127 Å². The number of rotatable bonds is 12. The summed E-state index contributed by atoms with van der Waals surface area (Å²) in [4.78, 5) is 6.35. The molecule has 0 radical (unpaired) electrons. The molecule has 1 aliphatic heterocycles. The van der Waals surface area contributed by atoms with Crippen molar-refractivity contribution < 1.29 is 0 Å². The van der Waals surface area contributed by atoms with Crippen LogP contribution in [0.25, 0.3) is 32.3 Å². The van der Waals surface area contributed by atoms with Gasteiger partial charge in [0.05, 0.1) is 5.69 Å². The average Bonchev–Trinajstić information content (AvgIpc) is 3.42. The van der Waals surface area contributed by atoms with Crippen molar-refractivity contribution >= 4 is 33.6 Å². The van der Waals surface area contributed by atoms with Crippen LogP contribution >= 0.6 is 23.1 Å². The number of thiazole rings is 1. The first kappa shape index (κ1) is 31.4. The Balaban J connectivity index is 1.40. The minimum absolute atomic E-state index is 0.410. The highest BCUT2D eigenvalue weighted by Gasteiger charge is 2.18. The van der Waals surface area contributed by atoms with Crippen LogP contribution in [-0.2, 0) is 25.7 Å². The van der Waals surface area contributed by atoms with Crippen molar-refractivity contribution in [2.45, 2.75) is 39.0 Å². The fourth-order valence-electron chi connectivity index (χ4n) is 5.67. The first-order chi connectivity index (χ1) is 21.0. The number of thioether (sulfide) groups is 1. The summed E-state index contributed by atoms with van der Waals surface area (Å²) >= 11 is 3.50. The molecular formula is C36H43N5S2. The predicted octanol–water partition coefficient (Wildman–Crippen LogP) is 6.64. The molecule has 1 aliphatic rings. The van der Waals surface area contributed by atoms with Crippen molar-refractivity contribution in [1.82, 2.24) is 4.98 Å². The molecule has 1 unspecified atom stereocenters. The van der Waals surface area contributed by atoms with Crippen LogP contribution in [0.2, 0.25) is 0 Å². The zero-order chi connectivity index (χ0) is 30.2. The van der Waals surface area contributed by atoms with Gasteiger partial charge in [-0.3, -0.25) is 0 Å². The number of allylic oxidation sites excluding steroid dienone is 2. The molecule has 8 N–H and O–H groups in total. The van der Waals surface area contributed by atoms with Crippen molar-refractivity contribution in [2.75, 3.05) is 26.2 Å². The minimum atomic E-state index is 0.410. The van der Waals surface area contributed by atoms with Crippen LogP contribution < -0.4 is 22.9 Å². The number of nitrogens with two attached hydrogens (primary N) is 4. The SMILES string of the molecule is CC1CC=C(c2cccc(-c3nc(-c4cc(CCN)cc(CCN)c4)cs3)c2)SC=C1c1cc(CCN)cc(CCN)c1. The molecule has 1 atom stereocenters. The molecule has 224 valence electrons. The van der Waals surface area contributed by atoms with E-state index in [-0.39, 0.29) is 0 Å². The Morgan fingerprint density at radius 3 is 1.84 bits per heavy atom. The normalized spacial score (nSPS) is 15.2. The maximum absolute atomic E-state index is 5.90. The molecule has 4 aromatic rings. The lowest BCUT2D eigenvalue weighted by atomic mass is 9.89. The topological polar surface area (TPSA) is 117 Å². The molecule has 0 spiro atoms. The van der Waals surface area contributed by atoms with Gasteiger partial charge in [-0.1, -0.05) is 67.2 Å². The Kier molecular flexibility index (Phi) is 11.0. The number of aromatic nitrogens is 1. The molecule has 3 aromatic carbocycles. The third kappa shape index (κ3) is 7.92. The lowest BCUT2D eigenvalue weighted by Gasteiger charge is -2.16. The predicted molar refractivity (Wildman–Crippen MR) is 188 cm³/mol. The zero-order valence-corrected chi connectivity index (χ0v) is 26.7. The first-order valence-electron chi connectivity index (χ1n) is 15.2. The molecule has 2 heterocycles. The van der Waals surface area contributed by atoms with Crippen LogP contribution in [0.15, 0.2) is 77.5 Å². The fourth-order valence-corrected chi connectivity index (χ4v) is 7.57. The van der Waals surface area contributed by atoms with E-state index in [1.165, 1.54) is 43.9 Å². The summed E-state index contributed by atoms with van der Waals surface area (Å²) in [6.07, 6.45) is 6.82. The summed E-state index contributed by atoms with van der Waals surface area (Å²) in [5.74, 6) is 0.410. The molecule has 5 rings (SSSR count). The average molecular weight is 610 g/mol. The zero-order valence-electron chi connectivity index (χ0n) is 25.0. The molecule has 0 saturated carbocycles. The standard InChI is InChI=1S/C36H43N5S2/c1-24-5-6-35(42-22-33(24)31-17-25(7-11-37)15-26(18-31)8-12-38)29-3-2-4-30(21-29)36-41-34(23-43-36)32-19-27(9-13-39)16-28(20-32)10-14-40/h2-4,6,15-24H,5,7-14,37-40H2,1H3. The van der Waals surface area contributed by atoms with Gasteiger partial charge in [-0.15, -0.1) is 11.3 Å². The van der Waals surface area contributed by atoms with Crippen molar-refractivity contribution in [3.63, 3.8) is 0 Å². The third-order valence-electron chi connectivity index (χ3n) is 7.87. The van der Waals surface area contributed by atoms with E-state index < -0.39 is 0 Å². The largest absolute Gasteiger partial charge is 0.330 e. The van der Waals surface area contributed by atoms with E-state index in [9.17, 15) is 0 Å². The summed E-state index contributed by atoms with van der Waals surface area (Å²) in [6.45, 7) is 4.86. The second-order valence-electron chi connectivity index (χ2n) is 11.2. The van der Waals surface area contributed by atoms with Gasteiger partial charge in [0.25, 0.3) is 0 Å². The molecule has 1 aromatic heterocycles. The van der Waals surface area contributed by atoms with Crippen LogP contribution in [0.5, 0.6) is 0 Å². The van der Waals surface area contributed by atoms with Crippen LogP contribution in [0.3, 0.4) is 0 Å². The maximum Gasteiger partial charge on any atom is 0.124 e. The lowest BCUT2D eigenvalue weighted by Crippen LogP contribution is -2.07. The molecule has 0 amide bonds. The Morgan fingerprint density at radius 2 is 1.26 bits per heavy atom. The van der Waals surface area contributed by atoms with Crippen molar-refractivity contribution in [2.24, 2.45) is 28.9 Å². The molecule has 7 heteroatoms. The van der Waals surface area contributed by atoms with Gasteiger partial charge in [-0.2, -0.15) is 0 Å². The molecular weight excluding hydrogens is 567 g/mol. The highest BCUT2D eigenvalue weighted by molar-refractivity contribution is 8.11. The smallest absolute Gasteiger partial charge is 0.124 e. The van der Waals surface area contributed by atoms with Gasteiger partial charge in [0.15, 0.2) is 0 Å². The molecule has 0 bridgehead atoms. The van der Waals surface area contributed by atoms with Crippen LogP contribution in [-0.4, -0.2) is 31.2 Å². The molecule has 0 saturated heterocycles. The summed E-state index contributed by atoms with van der Waals surface area (Å²) in [7, 11) is 0. The Morgan fingerprint density at radius 1 is 0.698 bits per heavy atom. The second-order valence-corrected chi connectivity index (χ2v) is 13.0. The van der Waals surface area contributed by atoms with Crippen LogP contribution in [0.1, 0.15) is 46.7 Å².